The minimum Gasteiger partial charge on any atom is -0.480 e. The molecule has 1 rings (SSSR count). The number of primary amides is 1. The van der Waals surface area contributed by atoms with Crippen molar-refractivity contribution in [1.82, 2.24) is 5.32 Å². The third-order valence-corrected chi connectivity index (χ3v) is 3.48. The van der Waals surface area contributed by atoms with Gasteiger partial charge in [-0.15, -0.1) is 0 Å². The van der Waals surface area contributed by atoms with Gasteiger partial charge < -0.3 is 15.7 Å². The van der Waals surface area contributed by atoms with Crippen molar-refractivity contribution in [3.63, 3.8) is 0 Å². The SMILES string of the molecule is NC(=O)CC[C@H](NC(C=O)ON=Cc1c(Cl)cccc1Cl)C(=O)O. The molecule has 0 aliphatic carbocycles. The second kappa shape index (κ2) is 9.86. The number of aldehydes is 1. The van der Waals surface area contributed by atoms with Gasteiger partial charge in [-0.1, -0.05) is 34.4 Å². The summed E-state index contributed by atoms with van der Waals surface area (Å²) in [5.74, 6) is -1.91. The number of carboxylic acid groups (broad SMARTS) is 1. The number of carbonyl (C=O) groups is 3. The topological polar surface area (TPSA) is 131 Å². The summed E-state index contributed by atoms with van der Waals surface area (Å²) in [5.41, 5.74) is 5.35. The Morgan fingerprint density at radius 1 is 1.38 bits per heavy atom. The summed E-state index contributed by atoms with van der Waals surface area (Å²) in [6, 6.07) is 3.63. The number of hydrogen-bond acceptors (Lipinski definition) is 6. The summed E-state index contributed by atoms with van der Waals surface area (Å²) in [7, 11) is 0. The summed E-state index contributed by atoms with van der Waals surface area (Å²) in [6.07, 6.45) is -0.0724. The molecule has 24 heavy (non-hydrogen) atoms. The third-order valence-electron chi connectivity index (χ3n) is 2.82. The Balaban J connectivity index is 2.69. The van der Waals surface area contributed by atoms with E-state index in [1.807, 2.05) is 0 Å². The van der Waals surface area contributed by atoms with E-state index in [4.69, 9.17) is 38.9 Å². The number of nitrogens with zero attached hydrogens (tertiary/aromatic N) is 1. The van der Waals surface area contributed by atoms with Gasteiger partial charge in [0.25, 0.3) is 0 Å². The number of aliphatic carboxylic acids is 1. The molecule has 1 aromatic rings. The van der Waals surface area contributed by atoms with Crippen LogP contribution in [0.25, 0.3) is 0 Å². The van der Waals surface area contributed by atoms with Crippen LogP contribution in [0.1, 0.15) is 18.4 Å². The van der Waals surface area contributed by atoms with Gasteiger partial charge >= 0.3 is 5.97 Å². The number of benzene rings is 1. The zero-order valence-electron chi connectivity index (χ0n) is 12.3. The van der Waals surface area contributed by atoms with Gasteiger partial charge in [0, 0.05) is 12.0 Å². The van der Waals surface area contributed by atoms with Crippen LogP contribution in [-0.2, 0) is 19.2 Å². The average Bonchev–Trinajstić information content (AvgIpc) is 2.51. The van der Waals surface area contributed by atoms with Crippen molar-refractivity contribution in [2.45, 2.75) is 25.1 Å². The number of nitrogens with two attached hydrogens (primary N) is 1. The lowest BCUT2D eigenvalue weighted by Gasteiger charge is -2.17. The molecule has 0 spiro atoms. The van der Waals surface area contributed by atoms with Crippen LogP contribution in [0.3, 0.4) is 0 Å². The maximum absolute atomic E-state index is 11.1. The maximum Gasteiger partial charge on any atom is 0.320 e. The van der Waals surface area contributed by atoms with Gasteiger partial charge in [0.2, 0.25) is 12.1 Å². The first-order chi connectivity index (χ1) is 11.3. The molecule has 0 saturated carbocycles. The lowest BCUT2D eigenvalue weighted by molar-refractivity contribution is -0.141. The summed E-state index contributed by atoms with van der Waals surface area (Å²) >= 11 is 11.9. The van der Waals surface area contributed by atoms with Crippen molar-refractivity contribution in [3.05, 3.63) is 33.8 Å². The van der Waals surface area contributed by atoms with Crippen molar-refractivity contribution in [2.24, 2.45) is 10.9 Å². The zero-order valence-corrected chi connectivity index (χ0v) is 13.8. The van der Waals surface area contributed by atoms with Gasteiger partial charge in [-0.2, -0.15) is 0 Å². The van der Waals surface area contributed by atoms with Crippen molar-refractivity contribution < 1.29 is 24.3 Å². The molecular formula is C14H15Cl2N3O5. The smallest absolute Gasteiger partial charge is 0.320 e. The fourth-order valence-electron chi connectivity index (χ4n) is 1.64. The molecule has 0 bridgehead atoms. The van der Waals surface area contributed by atoms with Gasteiger partial charge in [0.1, 0.15) is 6.04 Å². The molecule has 10 heteroatoms. The van der Waals surface area contributed by atoms with E-state index in [9.17, 15) is 14.4 Å². The number of halogens is 2. The van der Waals surface area contributed by atoms with Crippen LogP contribution >= 0.6 is 23.2 Å². The summed E-state index contributed by atoms with van der Waals surface area (Å²) in [5, 5.41) is 15.7. The van der Waals surface area contributed by atoms with E-state index in [1.54, 1.807) is 18.2 Å². The molecule has 0 saturated heterocycles. The highest BCUT2D eigenvalue weighted by Crippen LogP contribution is 2.22. The molecule has 2 atom stereocenters. The Labute approximate surface area is 147 Å². The van der Waals surface area contributed by atoms with E-state index >= 15 is 0 Å². The Kier molecular flexibility index (Phi) is 8.17. The molecule has 8 nitrogen and oxygen atoms in total. The predicted molar refractivity (Wildman–Crippen MR) is 88.0 cm³/mol. The Morgan fingerprint density at radius 2 is 2.00 bits per heavy atom. The molecule has 1 aromatic carbocycles. The Bertz CT molecular complexity index is 619. The highest BCUT2D eigenvalue weighted by atomic mass is 35.5. The molecule has 0 aliphatic rings. The number of nitrogens with one attached hydrogen (secondary N) is 1. The van der Waals surface area contributed by atoms with Gasteiger partial charge in [-0.3, -0.25) is 19.7 Å². The number of carbonyl (C=O) groups excluding carboxylic acids is 2. The number of carboxylic acids is 1. The number of hydrogen-bond donors (Lipinski definition) is 3. The van der Waals surface area contributed by atoms with Crippen molar-refractivity contribution in [2.75, 3.05) is 0 Å². The van der Waals surface area contributed by atoms with Gasteiger partial charge in [0.15, 0.2) is 6.29 Å². The van der Waals surface area contributed by atoms with Crippen LogP contribution < -0.4 is 11.1 Å². The molecule has 130 valence electrons. The molecule has 0 aliphatic heterocycles. The van der Waals surface area contributed by atoms with Crippen molar-refractivity contribution in [1.29, 1.82) is 0 Å². The fraction of sp³-hybridized carbons (Fsp3) is 0.286. The summed E-state index contributed by atoms with van der Waals surface area (Å²) < 4.78 is 0. The van der Waals surface area contributed by atoms with Crippen LogP contribution in [0, 0.1) is 0 Å². The van der Waals surface area contributed by atoms with Crippen LogP contribution in [0.15, 0.2) is 23.4 Å². The molecule has 0 fully saturated rings. The number of rotatable bonds is 10. The Morgan fingerprint density at radius 3 is 2.50 bits per heavy atom. The van der Waals surface area contributed by atoms with Gasteiger partial charge in [0.05, 0.1) is 16.3 Å². The molecular weight excluding hydrogens is 361 g/mol. The second-order valence-electron chi connectivity index (χ2n) is 4.59. The van der Waals surface area contributed by atoms with E-state index < -0.39 is 24.1 Å². The number of amides is 1. The largest absolute Gasteiger partial charge is 0.480 e. The van der Waals surface area contributed by atoms with Crippen LogP contribution in [0.4, 0.5) is 0 Å². The lowest BCUT2D eigenvalue weighted by Crippen LogP contribution is -2.45. The minimum atomic E-state index is -1.34. The highest BCUT2D eigenvalue weighted by molar-refractivity contribution is 6.38. The zero-order chi connectivity index (χ0) is 18.1. The van der Waals surface area contributed by atoms with Crippen LogP contribution in [0.5, 0.6) is 0 Å². The first-order valence-electron chi connectivity index (χ1n) is 6.70. The van der Waals surface area contributed by atoms with Crippen molar-refractivity contribution in [3.8, 4) is 0 Å². The van der Waals surface area contributed by atoms with Gasteiger partial charge in [-0.05, 0) is 18.6 Å². The normalized spacial score (nSPS) is 13.4. The summed E-state index contributed by atoms with van der Waals surface area (Å²) in [4.78, 5) is 37.7. The second-order valence-corrected chi connectivity index (χ2v) is 5.41. The highest BCUT2D eigenvalue weighted by Gasteiger charge is 2.22. The predicted octanol–water partition coefficient (Wildman–Crippen LogP) is 1.18. The van der Waals surface area contributed by atoms with Crippen LogP contribution in [-0.4, -0.2) is 41.8 Å². The number of oxime groups is 1. The Hall–Kier alpha value is -2.16. The minimum absolute atomic E-state index is 0.0988. The van der Waals surface area contributed by atoms with Crippen LogP contribution in [0.2, 0.25) is 10.0 Å². The van der Waals surface area contributed by atoms with E-state index in [-0.39, 0.29) is 12.8 Å². The first kappa shape index (κ1) is 19.9. The van der Waals surface area contributed by atoms with E-state index in [0.717, 1.165) is 0 Å². The molecule has 1 amide bonds. The maximum atomic E-state index is 11.1. The molecule has 1 unspecified atom stereocenters. The van der Waals surface area contributed by atoms with E-state index in [2.05, 4.69) is 10.5 Å². The van der Waals surface area contributed by atoms with E-state index in [0.29, 0.717) is 21.9 Å². The molecule has 0 aromatic heterocycles. The molecule has 0 radical (unpaired) electrons. The quantitative estimate of drug-likeness (QED) is 0.243. The van der Waals surface area contributed by atoms with Gasteiger partial charge in [-0.25, -0.2) is 0 Å². The average molecular weight is 376 g/mol. The van der Waals surface area contributed by atoms with E-state index in [1.165, 1.54) is 6.21 Å². The lowest BCUT2D eigenvalue weighted by atomic mass is 10.1. The molecule has 4 N–H and O–H groups in total. The van der Waals surface area contributed by atoms with Crippen molar-refractivity contribution >= 4 is 47.6 Å². The third kappa shape index (κ3) is 6.53. The first-order valence-corrected chi connectivity index (χ1v) is 7.46. The summed E-state index contributed by atoms with van der Waals surface area (Å²) in [6.45, 7) is 0. The fourth-order valence-corrected chi connectivity index (χ4v) is 2.14. The standard InChI is InChI=1S/C14H15Cl2N3O5/c15-9-2-1-3-10(16)8(9)6-18-24-13(7-20)19-11(14(22)23)4-5-12(17)21/h1-3,6-7,11,13,19H,4-5H2,(H2,17,21)(H,22,23)/t11-,13?/m0/s1. The molecule has 0 heterocycles. The monoisotopic (exact) mass is 375 g/mol.